The van der Waals surface area contributed by atoms with Gasteiger partial charge in [-0.1, -0.05) is 34.8 Å². The average molecular weight is 400 g/mol. The molecular formula is C16H13Cl3N4O2. The van der Waals surface area contributed by atoms with Crippen molar-refractivity contribution in [1.29, 1.82) is 0 Å². The lowest BCUT2D eigenvalue weighted by atomic mass is 10.2. The van der Waals surface area contributed by atoms with Crippen LogP contribution in [0.25, 0.3) is 11.4 Å². The molecule has 0 atom stereocenters. The number of benzene rings is 2. The maximum Gasteiger partial charge on any atom is 0.343 e. The van der Waals surface area contributed by atoms with Crippen LogP contribution in [0.15, 0.2) is 35.1 Å². The summed E-state index contributed by atoms with van der Waals surface area (Å²) >= 11 is 18.0. The summed E-state index contributed by atoms with van der Waals surface area (Å²) in [5, 5.41) is 5.47. The molecule has 0 amide bonds. The third-order valence-corrected chi connectivity index (χ3v) is 4.66. The first kappa shape index (κ1) is 17.7. The van der Waals surface area contributed by atoms with Gasteiger partial charge in [0.05, 0.1) is 34.4 Å². The van der Waals surface area contributed by atoms with Crippen molar-refractivity contribution in [2.24, 2.45) is 0 Å². The number of ether oxygens (including phenoxy) is 1. The number of nitrogen functional groups attached to an aromatic ring is 1. The molecule has 0 unspecified atom stereocenters. The second kappa shape index (κ2) is 7.00. The Bertz CT molecular complexity index is 998. The van der Waals surface area contributed by atoms with Crippen molar-refractivity contribution in [2.75, 3.05) is 12.8 Å². The van der Waals surface area contributed by atoms with Crippen LogP contribution < -0.4 is 16.2 Å². The van der Waals surface area contributed by atoms with Gasteiger partial charge in [-0.25, -0.2) is 9.48 Å². The zero-order chi connectivity index (χ0) is 18.1. The number of nitrogens with one attached hydrogen (secondary N) is 1. The number of methoxy groups -OCH3 is 1. The maximum absolute atomic E-state index is 12.2. The minimum atomic E-state index is -0.379. The predicted molar refractivity (Wildman–Crippen MR) is 99.8 cm³/mol. The molecule has 9 heteroatoms. The van der Waals surface area contributed by atoms with Gasteiger partial charge in [-0.15, -0.1) is 5.10 Å². The number of hydrogen-bond acceptors (Lipinski definition) is 4. The first-order valence-corrected chi connectivity index (χ1v) is 8.27. The van der Waals surface area contributed by atoms with Crippen LogP contribution in [0.3, 0.4) is 0 Å². The highest BCUT2D eigenvalue weighted by Crippen LogP contribution is 2.29. The van der Waals surface area contributed by atoms with E-state index in [2.05, 4.69) is 10.1 Å². The lowest BCUT2D eigenvalue weighted by Crippen LogP contribution is -2.19. The van der Waals surface area contributed by atoms with E-state index in [9.17, 15) is 4.79 Å². The van der Waals surface area contributed by atoms with Crippen molar-refractivity contribution in [3.05, 3.63) is 61.4 Å². The monoisotopic (exact) mass is 398 g/mol. The Morgan fingerprint density at radius 2 is 1.92 bits per heavy atom. The summed E-state index contributed by atoms with van der Waals surface area (Å²) in [4.78, 5) is 14.9. The summed E-state index contributed by atoms with van der Waals surface area (Å²) in [6.07, 6.45) is 0. The molecule has 130 valence electrons. The molecule has 3 rings (SSSR count). The van der Waals surface area contributed by atoms with E-state index >= 15 is 0 Å². The van der Waals surface area contributed by atoms with Gasteiger partial charge < -0.3 is 10.5 Å². The van der Waals surface area contributed by atoms with Gasteiger partial charge in [-0.05, 0) is 24.3 Å². The third-order valence-electron chi connectivity index (χ3n) is 3.59. The van der Waals surface area contributed by atoms with Crippen LogP contribution in [0.4, 0.5) is 5.69 Å². The molecule has 25 heavy (non-hydrogen) atoms. The average Bonchev–Trinajstić information content (AvgIpc) is 2.94. The van der Waals surface area contributed by atoms with Gasteiger partial charge in [-0.2, -0.15) is 0 Å². The van der Waals surface area contributed by atoms with E-state index in [0.717, 1.165) is 0 Å². The van der Waals surface area contributed by atoms with Gasteiger partial charge in [0.1, 0.15) is 5.75 Å². The number of anilines is 1. The van der Waals surface area contributed by atoms with Crippen molar-refractivity contribution in [1.82, 2.24) is 14.8 Å². The van der Waals surface area contributed by atoms with Crippen LogP contribution in [-0.2, 0) is 6.54 Å². The molecule has 0 saturated heterocycles. The highest BCUT2D eigenvalue weighted by molar-refractivity contribution is 6.42. The molecule has 3 N–H and O–H groups in total. The highest BCUT2D eigenvalue weighted by Gasteiger charge is 2.13. The van der Waals surface area contributed by atoms with Crippen LogP contribution in [-0.4, -0.2) is 21.9 Å². The Kier molecular flexibility index (Phi) is 4.94. The van der Waals surface area contributed by atoms with Gasteiger partial charge in [-0.3, -0.25) is 4.98 Å². The zero-order valence-electron chi connectivity index (χ0n) is 13.0. The van der Waals surface area contributed by atoms with Crippen molar-refractivity contribution in [2.45, 2.75) is 6.54 Å². The van der Waals surface area contributed by atoms with E-state index in [4.69, 9.17) is 45.3 Å². The Balaban J connectivity index is 1.98. The zero-order valence-corrected chi connectivity index (χ0v) is 15.3. The molecule has 0 radical (unpaired) electrons. The van der Waals surface area contributed by atoms with E-state index in [1.165, 1.54) is 11.8 Å². The molecule has 0 bridgehead atoms. The van der Waals surface area contributed by atoms with Crippen LogP contribution in [0.5, 0.6) is 5.75 Å². The number of aromatic amines is 1. The van der Waals surface area contributed by atoms with E-state index in [1.807, 2.05) is 0 Å². The predicted octanol–water partition coefficient (Wildman–Crippen LogP) is 3.84. The molecule has 0 aliphatic carbocycles. The topological polar surface area (TPSA) is 85.9 Å². The molecule has 2 aromatic carbocycles. The first-order valence-electron chi connectivity index (χ1n) is 7.13. The number of H-pyrrole nitrogens is 1. The van der Waals surface area contributed by atoms with Crippen molar-refractivity contribution in [3.63, 3.8) is 0 Å². The SMILES string of the molecule is COc1cc(N)c(Cl)cc1Cn1nc(-c2ccc(Cl)c(Cl)c2)[nH]c1=O. The van der Waals surface area contributed by atoms with Gasteiger partial charge >= 0.3 is 5.69 Å². The number of rotatable bonds is 4. The minimum absolute atomic E-state index is 0.166. The quantitative estimate of drug-likeness (QED) is 0.653. The molecule has 0 aliphatic heterocycles. The van der Waals surface area contributed by atoms with E-state index in [0.29, 0.717) is 43.5 Å². The summed E-state index contributed by atoms with van der Waals surface area (Å²) in [5.41, 5.74) is 7.11. The van der Waals surface area contributed by atoms with Crippen LogP contribution in [0.1, 0.15) is 5.56 Å². The molecule has 0 saturated carbocycles. The summed E-state index contributed by atoms with van der Waals surface area (Å²) in [6.45, 7) is 0.166. The Morgan fingerprint density at radius 1 is 1.16 bits per heavy atom. The van der Waals surface area contributed by atoms with Crippen molar-refractivity contribution < 1.29 is 4.74 Å². The molecule has 0 aliphatic rings. The van der Waals surface area contributed by atoms with E-state index in [-0.39, 0.29) is 12.2 Å². The molecule has 0 spiro atoms. The highest BCUT2D eigenvalue weighted by atomic mass is 35.5. The molecular weight excluding hydrogens is 387 g/mol. The molecule has 3 aromatic rings. The third kappa shape index (κ3) is 3.61. The number of nitrogens with zero attached hydrogens (tertiary/aromatic N) is 2. The molecule has 6 nitrogen and oxygen atoms in total. The van der Waals surface area contributed by atoms with Crippen molar-refractivity contribution >= 4 is 40.5 Å². The second-order valence-corrected chi connectivity index (χ2v) is 6.47. The van der Waals surface area contributed by atoms with E-state index < -0.39 is 0 Å². The summed E-state index contributed by atoms with van der Waals surface area (Å²) in [6, 6.07) is 8.24. The number of aromatic nitrogens is 3. The summed E-state index contributed by atoms with van der Waals surface area (Å²) in [7, 11) is 1.51. The molecule has 0 fully saturated rings. The van der Waals surface area contributed by atoms with E-state index in [1.54, 1.807) is 30.3 Å². The Morgan fingerprint density at radius 3 is 2.60 bits per heavy atom. The van der Waals surface area contributed by atoms with Gasteiger partial charge in [0, 0.05) is 17.2 Å². The fraction of sp³-hybridized carbons (Fsp3) is 0.125. The summed E-state index contributed by atoms with van der Waals surface area (Å²) in [5.74, 6) is 0.900. The lowest BCUT2D eigenvalue weighted by Gasteiger charge is -2.10. The smallest absolute Gasteiger partial charge is 0.343 e. The Hall–Kier alpha value is -2.15. The molecule has 1 aromatic heterocycles. The second-order valence-electron chi connectivity index (χ2n) is 5.25. The first-order chi connectivity index (χ1) is 11.9. The van der Waals surface area contributed by atoms with Gasteiger partial charge in [0.15, 0.2) is 5.82 Å². The van der Waals surface area contributed by atoms with Gasteiger partial charge in [0.2, 0.25) is 0 Å². The van der Waals surface area contributed by atoms with Crippen LogP contribution in [0, 0.1) is 0 Å². The standard InChI is InChI=1S/C16H13Cl3N4O2/c1-25-14-6-13(20)12(19)5-9(14)7-23-16(24)21-15(22-23)8-2-3-10(17)11(18)4-8/h2-6H,7,20H2,1H3,(H,21,22,24). The Labute approximate surface area is 158 Å². The largest absolute Gasteiger partial charge is 0.496 e. The number of halogens is 3. The number of nitrogens with two attached hydrogens (primary N) is 1. The fourth-order valence-corrected chi connectivity index (χ4v) is 2.81. The van der Waals surface area contributed by atoms with Crippen molar-refractivity contribution in [3.8, 4) is 17.1 Å². The fourth-order valence-electron chi connectivity index (χ4n) is 2.32. The molecule has 1 heterocycles. The lowest BCUT2D eigenvalue weighted by molar-refractivity contribution is 0.407. The summed E-state index contributed by atoms with van der Waals surface area (Å²) < 4.78 is 6.56. The van der Waals surface area contributed by atoms with Gasteiger partial charge in [0.25, 0.3) is 0 Å². The van der Waals surface area contributed by atoms with Crippen LogP contribution >= 0.6 is 34.8 Å². The minimum Gasteiger partial charge on any atom is -0.496 e. The maximum atomic E-state index is 12.2. The van der Waals surface area contributed by atoms with Crippen LogP contribution in [0.2, 0.25) is 15.1 Å². The normalized spacial score (nSPS) is 10.9. The number of hydrogen-bond donors (Lipinski definition) is 2.